The van der Waals surface area contributed by atoms with E-state index in [-0.39, 0.29) is 11.7 Å². The van der Waals surface area contributed by atoms with Crippen LogP contribution in [0, 0.1) is 5.82 Å². The SMILES string of the molecule is CCC(Oc1cccc2ccccc12)C(=O)NCCCc1ccc(F)cc1. The third-order valence-electron chi connectivity index (χ3n) is 4.54. The number of benzene rings is 3. The summed E-state index contributed by atoms with van der Waals surface area (Å²) >= 11 is 0. The molecular formula is C23H24FNO2. The van der Waals surface area contributed by atoms with E-state index in [2.05, 4.69) is 5.32 Å². The first-order chi connectivity index (χ1) is 13.2. The van der Waals surface area contributed by atoms with E-state index in [4.69, 9.17) is 4.74 Å². The van der Waals surface area contributed by atoms with Crippen LogP contribution in [0.1, 0.15) is 25.3 Å². The van der Waals surface area contributed by atoms with E-state index >= 15 is 0 Å². The molecule has 3 aromatic carbocycles. The highest BCUT2D eigenvalue weighted by Crippen LogP contribution is 2.26. The number of nitrogens with one attached hydrogen (secondary N) is 1. The molecule has 0 aromatic heterocycles. The summed E-state index contributed by atoms with van der Waals surface area (Å²) < 4.78 is 18.9. The van der Waals surface area contributed by atoms with Gasteiger partial charge in [0.25, 0.3) is 5.91 Å². The molecule has 3 nitrogen and oxygen atoms in total. The molecule has 0 aliphatic carbocycles. The molecule has 0 bridgehead atoms. The molecule has 3 aromatic rings. The summed E-state index contributed by atoms with van der Waals surface area (Å²) in [4.78, 5) is 12.5. The maximum absolute atomic E-state index is 12.9. The monoisotopic (exact) mass is 365 g/mol. The Morgan fingerprint density at radius 3 is 2.56 bits per heavy atom. The maximum Gasteiger partial charge on any atom is 0.261 e. The number of hydrogen-bond donors (Lipinski definition) is 1. The number of fused-ring (bicyclic) bond motifs is 1. The van der Waals surface area contributed by atoms with Crippen LogP contribution < -0.4 is 10.1 Å². The highest BCUT2D eigenvalue weighted by atomic mass is 19.1. The number of carbonyl (C=O) groups excluding carboxylic acids is 1. The Hall–Kier alpha value is -2.88. The summed E-state index contributed by atoms with van der Waals surface area (Å²) in [5.74, 6) is 0.384. The topological polar surface area (TPSA) is 38.3 Å². The van der Waals surface area contributed by atoms with Gasteiger partial charge in [0, 0.05) is 11.9 Å². The van der Waals surface area contributed by atoms with Crippen molar-refractivity contribution in [2.45, 2.75) is 32.3 Å². The lowest BCUT2D eigenvalue weighted by Crippen LogP contribution is -2.38. The zero-order valence-corrected chi connectivity index (χ0v) is 15.5. The van der Waals surface area contributed by atoms with E-state index in [9.17, 15) is 9.18 Å². The zero-order chi connectivity index (χ0) is 19.1. The highest BCUT2D eigenvalue weighted by molar-refractivity contribution is 5.89. The first-order valence-electron chi connectivity index (χ1n) is 9.34. The van der Waals surface area contributed by atoms with Crippen LogP contribution in [-0.2, 0) is 11.2 Å². The molecule has 0 fully saturated rings. The molecule has 0 aliphatic rings. The number of carbonyl (C=O) groups is 1. The Labute approximate surface area is 159 Å². The van der Waals surface area contributed by atoms with E-state index in [1.54, 1.807) is 12.1 Å². The van der Waals surface area contributed by atoms with Crippen LogP contribution in [0.4, 0.5) is 4.39 Å². The van der Waals surface area contributed by atoms with E-state index in [1.807, 2.05) is 49.4 Å². The van der Waals surface area contributed by atoms with E-state index in [0.717, 1.165) is 34.9 Å². The second-order valence-electron chi connectivity index (χ2n) is 6.51. The van der Waals surface area contributed by atoms with Crippen molar-refractivity contribution in [1.82, 2.24) is 5.32 Å². The van der Waals surface area contributed by atoms with Crippen LogP contribution in [0.25, 0.3) is 10.8 Å². The molecule has 1 N–H and O–H groups in total. The first-order valence-corrected chi connectivity index (χ1v) is 9.34. The van der Waals surface area contributed by atoms with Gasteiger partial charge in [0.15, 0.2) is 6.10 Å². The van der Waals surface area contributed by atoms with Crippen molar-refractivity contribution in [2.75, 3.05) is 6.54 Å². The number of ether oxygens (including phenoxy) is 1. The molecule has 27 heavy (non-hydrogen) atoms. The largest absolute Gasteiger partial charge is 0.480 e. The van der Waals surface area contributed by atoms with Crippen LogP contribution in [0.2, 0.25) is 0 Å². The third kappa shape index (κ3) is 5.07. The predicted octanol–water partition coefficient (Wildman–Crippen LogP) is 4.89. The van der Waals surface area contributed by atoms with Gasteiger partial charge in [-0.05, 0) is 48.4 Å². The van der Waals surface area contributed by atoms with Crippen LogP contribution in [0.5, 0.6) is 5.75 Å². The smallest absolute Gasteiger partial charge is 0.261 e. The fourth-order valence-electron chi connectivity index (χ4n) is 3.04. The summed E-state index contributed by atoms with van der Waals surface area (Å²) in [5.41, 5.74) is 1.06. The van der Waals surface area contributed by atoms with Gasteiger partial charge in [0.05, 0.1) is 0 Å². The van der Waals surface area contributed by atoms with E-state index in [1.165, 1.54) is 12.1 Å². The van der Waals surface area contributed by atoms with Crippen LogP contribution in [-0.4, -0.2) is 18.6 Å². The summed E-state index contributed by atoms with van der Waals surface area (Å²) in [7, 11) is 0. The molecule has 0 saturated carbocycles. The lowest BCUT2D eigenvalue weighted by atomic mass is 10.1. The number of rotatable bonds is 8. The summed E-state index contributed by atoms with van der Waals surface area (Å²) in [5, 5.41) is 5.04. The standard InChI is InChI=1S/C23H24FNO2/c1-2-21(27-22-11-5-9-18-8-3-4-10-20(18)22)23(26)25-16-6-7-17-12-14-19(24)15-13-17/h3-5,8-15,21H,2,6-7,16H2,1H3,(H,25,26). The van der Waals surface area contributed by atoms with Gasteiger partial charge in [-0.1, -0.05) is 55.5 Å². The zero-order valence-electron chi connectivity index (χ0n) is 15.5. The predicted molar refractivity (Wildman–Crippen MR) is 106 cm³/mol. The van der Waals surface area contributed by atoms with Gasteiger partial charge in [-0.25, -0.2) is 4.39 Å². The Kier molecular flexibility index (Phi) is 6.42. The molecule has 1 unspecified atom stereocenters. The second-order valence-corrected chi connectivity index (χ2v) is 6.51. The van der Waals surface area contributed by atoms with Crippen LogP contribution in [0.15, 0.2) is 66.7 Å². The van der Waals surface area contributed by atoms with Gasteiger partial charge in [0.2, 0.25) is 0 Å². The first kappa shape index (κ1) is 18.9. The number of halogens is 1. The minimum Gasteiger partial charge on any atom is -0.480 e. The number of aryl methyl sites for hydroxylation is 1. The van der Waals surface area contributed by atoms with Gasteiger partial charge in [-0.15, -0.1) is 0 Å². The molecule has 0 spiro atoms. The quantitative estimate of drug-likeness (QED) is 0.578. The van der Waals surface area contributed by atoms with Gasteiger partial charge in [-0.3, -0.25) is 4.79 Å². The van der Waals surface area contributed by atoms with Crippen molar-refractivity contribution in [2.24, 2.45) is 0 Å². The van der Waals surface area contributed by atoms with Gasteiger partial charge in [-0.2, -0.15) is 0 Å². The Balaban J connectivity index is 1.53. The molecule has 1 atom stereocenters. The van der Waals surface area contributed by atoms with Crippen LogP contribution >= 0.6 is 0 Å². The van der Waals surface area contributed by atoms with Gasteiger partial charge < -0.3 is 10.1 Å². The molecule has 4 heteroatoms. The molecule has 0 radical (unpaired) electrons. The Morgan fingerprint density at radius 2 is 1.78 bits per heavy atom. The molecule has 3 rings (SSSR count). The number of hydrogen-bond acceptors (Lipinski definition) is 2. The summed E-state index contributed by atoms with van der Waals surface area (Å²) in [6, 6.07) is 20.3. The normalized spacial score (nSPS) is 11.9. The maximum atomic E-state index is 12.9. The Bertz CT molecular complexity index is 887. The third-order valence-corrected chi connectivity index (χ3v) is 4.54. The van der Waals surface area contributed by atoms with Crippen molar-refractivity contribution >= 4 is 16.7 Å². The summed E-state index contributed by atoms with van der Waals surface area (Å²) in [6.45, 7) is 2.50. The van der Waals surface area contributed by atoms with Crippen molar-refractivity contribution in [3.63, 3.8) is 0 Å². The minimum atomic E-state index is -0.526. The van der Waals surface area contributed by atoms with Crippen molar-refractivity contribution in [3.05, 3.63) is 78.1 Å². The molecule has 0 aliphatic heterocycles. The van der Waals surface area contributed by atoms with Crippen LogP contribution in [0.3, 0.4) is 0 Å². The lowest BCUT2D eigenvalue weighted by Gasteiger charge is -2.18. The fourth-order valence-corrected chi connectivity index (χ4v) is 3.04. The molecule has 140 valence electrons. The van der Waals surface area contributed by atoms with Crippen molar-refractivity contribution < 1.29 is 13.9 Å². The lowest BCUT2D eigenvalue weighted by molar-refractivity contribution is -0.128. The number of amides is 1. The Morgan fingerprint density at radius 1 is 1.04 bits per heavy atom. The molecular weight excluding hydrogens is 341 g/mol. The van der Waals surface area contributed by atoms with Gasteiger partial charge in [0.1, 0.15) is 11.6 Å². The minimum absolute atomic E-state index is 0.107. The molecule has 1 amide bonds. The summed E-state index contributed by atoms with van der Waals surface area (Å²) in [6.07, 6.45) is 1.65. The fraction of sp³-hybridized carbons (Fsp3) is 0.261. The highest BCUT2D eigenvalue weighted by Gasteiger charge is 2.18. The molecule has 0 heterocycles. The molecule has 0 saturated heterocycles. The average Bonchev–Trinajstić information content (AvgIpc) is 2.70. The second kappa shape index (κ2) is 9.17. The average molecular weight is 365 g/mol. The van der Waals surface area contributed by atoms with E-state index < -0.39 is 6.10 Å². The van der Waals surface area contributed by atoms with Gasteiger partial charge >= 0.3 is 0 Å². The van der Waals surface area contributed by atoms with Crippen molar-refractivity contribution in [3.8, 4) is 5.75 Å². The van der Waals surface area contributed by atoms with Crippen molar-refractivity contribution in [1.29, 1.82) is 0 Å². The van der Waals surface area contributed by atoms with E-state index in [0.29, 0.717) is 13.0 Å².